The number of aliphatic hydroxyl groups is 9. The van der Waals surface area contributed by atoms with Gasteiger partial charge in [-0.1, -0.05) is 160 Å². The number of esters is 2. The first-order valence-electron chi connectivity index (χ1n) is 29.6. The number of carbonyl (C=O) groups excluding carboxylic acids is 3. The third-order valence-corrected chi connectivity index (χ3v) is 16.3. The number of cyclic esters (lactones) is 1. The Kier molecular flexibility index (Phi) is 27.3. The van der Waals surface area contributed by atoms with Crippen molar-refractivity contribution in [3.05, 3.63) is 157 Å². The number of ether oxygens (including phenoxy) is 7. The van der Waals surface area contributed by atoms with Gasteiger partial charge in [0.2, 0.25) is 0 Å². The highest BCUT2D eigenvalue weighted by Gasteiger charge is 2.53. The molecule has 2 aromatic rings. The molecule has 19 atom stereocenters. The molecule has 2 fully saturated rings. The van der Waals surface area contributed by atoms with E-state index in [-0.39, 0.29) is 57.2 Å². The molecule has 2 saturated heterocycles. The Bertz CT molecular complexity index is 2660. The van der Waals surface area contributed by atoms with E-state index in [4.69, 9.17) is 33.2 Å². The van der Waals surface area contributed by atoms with E-state index in [1.807, 2.05) is 85.8 Å². The Morgan fingerprint density at radius 1 is 0.663 bits per heavy atom. The third-order valence-electron chi connectivity index (χ3n) is 16.3. The molecule has 1 aliphatic carbocycles. The number of alkyl carbamates (subject to hydrolysis) is 1. The van der Waals surface area contributed by atoms with Gasteiger partial charge in [-0.3, -0.25) is 9.59 Å². The van der Waals surface area contributed by atoms with Crippen molar-refractivity contribution in [2.24, 2.45) is 17.8 Å². The van der Waals surface area contributed by atoms with E-state index >= 15 is 0 Å². The summed E-state index contributed by atoms with van der Waals surface area (Å²) >= 11 is 0. The lowest BCUT2D eigenvalue weighted by Crippen LogP contribution is -2.64. The number of carbonyl (C=O) groups is 3. The predicted octanol–water partition coefficient (Wildman–Crippen LogP) is 5.59. The van der Waals surface area contributed by atoms with Gasteiger partial charge in [0, 0.05) is 50.5 Å². The fraction of sp³-hybridized carbons (Fsp3) is 0.530. The van der Waals surface area contributed by atoms with Crippen molar-refractivity contribution in [2.45, 2.75) is 182 Å². The molecular formula is C66H89NO19. The summed E-state index contributed by atoms with van der Waals surface area (Å²) in [6, 6.07) is 14.3. The van der Waals surface area contributed by atoms with Gasteiger partial charge in [0.1, 0.15) is 37.4 Å². The topological polar surface area (TPSA) is 310 Å². The second kappa shape index (κ2) is 34.0. The zero-order valence-corrected chi connectivity index (χ0v) is 49.6. The normalized spacial score (nSPS) is 35.0. The van der Waals surface area contributed by atoms with Crippen LogP contribution >= 0.6 is 0 Å². The molecule has 0 radical (unpaired) electrons. The summed E-state index contributed by atoms with van der Waals surface area (Å²) in [7, 11) is 1.27. The first-order chi connectivity index (χ1) is 41.1. The molecule has 10 N–H and O–H groups in total. The number of benzene rings is 2. The van der Waals surface area contributed by atoms with Crippen LogP contribution < -0.4 is 5.32 Å². The largest absolute Gasteiger partial charge is 0.462 e. The summed E-state index contributed by atoms with van der Waals surface area (Å²) in [6.45, 7) is 10.1. The van der Waals surface area contributed by atoms with E-state index in [2.05, 4.69) is 11.9 Å². The maximum absolute atomic E-state index is 13.9. The van der Waals surface area contributed by atoms with Gasteiger partial charge in [0.05, 0.1) is 73.5 Å². The van der Waals surface area contributed by atoms with Gasteiger partial charge in [-0.15, -0.1) is 0 Å². The van der Waals surface area contributed by atoms with Gasteiger partial charge >= 0.3 is 18.0 Å². The minimum absolute atomic E-state index is 0.0401. The van der Waals surface area contributed by atoms with Gasteiger partial charge < -0.3 is 84.4 Å². The van der Waals surface area contributed by atoms with Crippen molar-refractivity contribution < 1.29 is 93.5 Å². The second-order valence-corrected chi connectivity index (χ2v) is 22.7. The lowest BCUT2D eigenvalue weighted by Gasteiger charge is -2.47. The lowest BCUT2D eigenvalue weighted by atomic mass is 9.82. The van der Waals surface area contributed by atoms with Crippen molar-refractivity contribution in [1.29, 1.82) is 0 Å². The van der Waals surface area contributed by atoms with Crippen LogP contribution in [-0.2, 0) is 42.7 Å². The number of aliphatic hydroxyl groups excluding tert-OH is 9. The molecule has 4 aliphatic rings. The molecule has 0 spiro atoms. The predicted molar refractivity (Wildman–Crippen MR) is 319 cm³/mol. The van der Waals surface area contributed by atoms with Crippen molar-refractivity contribution in [2.75, 3.05) is 20.3 Å². The van der Waals surface area contributed by atoms with Crippen LogP contribution in [0.2, 0.25) is 0 Å². The van der Waals surface area contributed by atoms with Crippen molar-refractivity contribution in [3.8, 4) is 11.1 Å². The highest BCUT2D eigenvalue weighted by Crippen LogP contribution is 2.45. The van der Waals surface area contributed by atoms with E-state index < -0.39 is 147 Å². The minimum atomic E-state index is -1.83. The summed E-state index contributed by atoms with van der Waals surface area (Å²) in [5.74, 6) is -5.83. The number of allylic oxidation sites excluding steroid dienone is 12. The molecule has 0 aromatic heterocycles. The van der Waals surface area contributed by atoms with Crippen molar-refractivity contribution in [3.63, 3.8) is 0 Å². The molecule has 20 heteroatoms. The monoisotopic (exact) mass is 1200 g/mol. The van der Waals surface area contributed by atoms with Crippen LogP contribution in [-0.4, -0.2) is 182 Å². The maximum Gasteiger partial charge on any atom is 0.407 e. The Hall–Kier alpha value is -5.95. The quantitative estimate of drug-likeness (QED) is 0.0831. The fourth-order valence-electron chi connectivity index (χ4n) is 11.3. The van der Waals surface area contributed by atoms with Crippen LogP contribution in [0.15, 0.2) is 146 Å². The fourth-order valence-corrected chi connectivity index (χ4v) is 11.3. The van der Waals surface area contributed by atoms with E-state index in [1.54, 1.807) is 68.5 Å². The zero-order chi connectivity index (χ0) is 62.5. The molecule has 0 unspecified atom stereocenters. The van der Waals surface area contributed by atoms with Crippen LogP contribution in [0.4, 0.5) is 4.79 Å². The molecule has 3 heterocycles. The molecule has 20 nitrogen and oxygen atoms in total. The molecule has 472 valence electrons. The molecule has 0 saturated carbocycles. The highest BCUT2D eigenvalue weighted by atomic mass is 16.7. The number of methoxy groups -OCH3 is 1. The first kappa shape index (κ1) is 69.2. The Morgan fingerprint density at radius 2 is 1.26 bits per heavy atom. The van der Waals surface area contributed by atoms with Crippen LogP contribution in [0.1, 0.15) is 96.1 Å². The van der Waals surface area contributed by atoms with Crippen molar-refractivity contribution in [1.82, 2.24) is 5.32 Å². The van der Waals surface area contributed by atoms with E-state index in [0.29, 0.717) is 0 Å². The summed E-state index contributed by atoms with van der Waals surface area (Å²) in [5.41, 5.74) is 4.04. The van der Waals surface area contributed by atoms with Crippen LogP contribution in [0.25, 0.3) is 11.1 Å². The summed E-state index contributed by atoms with van der Waals surface area (Å²) in [6.07, 6.45) is 4.49. The maximum atomic E-state index is 13.9. The highest BCUT2D eigenvalue weighted by molar-refractivity contribution is 5.79. The number of hydrogen-bond donors (Lipinski definition) is 10. The summed E-state index contributed by atoms with van der Waals surface area (Å²) < 4.78 is 41.8. The Labute approximate surface area is 504 Å². The molecule has 2 aromatic carbocycles. The molecule has 3 aliphatic heterocycles. The van der Waals surface area contributed by atoms with E-state index in [9.17, 15) is 60.3 Å². The minimum Gasteiger partial charge on any atom is -0.462 e. The number of amides is 1. The standard InChI is InChI=1S/C66H89NO19/c1-7-32-81-63(78)58-55(73)38-66(80-6)37-46(70)34-54(72)53(71)31-30-44(68)33-45(69)35-57(74)83-42(4)41(3)60(75)40(2)24-18-16-14-12-10-8-9-11-13-15-17-19-25-47(36-56(58)86-66)85-64-62(77)59(61(76)43(5)84-64)67-65(79)82-39-52-50-28-22-20-26-48(50)49-27-21-23-29-51(49)52/h7-29,40-47,52-56,58-62,64,68-73,75-77H,1,30-39H2,2-6H3,(H,67,79)/t40-,41-,42-,43+,44+,45+,46-,47-,53+,54+,55-,56-,58+,59-,60+,61+,62-,64-,66+/m0/s1. The van der Waals surface area contributed by atoms with Gasteiger partial charge in [0.25, 0.3) is 0 Å². The van der Waals surface area contributed by atoms with Gasteiger partial charge in [-0.05, 0) is 55.4 Å². The molecular weight excluding hydrogens is 1110 g/mol. The van der Waals surface area contributed by atoms with E-state index in [0.717, 1.165) is 22.3 Å². The summed E-state index contributed by atoms with van der Waals surface area (Å²) in [5, 5.41) is 104. The van der Waals surface area contributed by atoms with Crippen LogP contribution in [0, 0.1) is 17.8 Å². The number of nitrogens with one attached hydrogen (secondary N) is 1. The zero-order valence-electron chi connectivity index (χ0n) is 49.6. The molecule has 2 bridgehead atoms. The average molecular weight is 1200 g/mol. The smallest absolute Gasteiger partial charge is 0.407 e. The number of rotatable bonds is 9. The first-order valence-corrected chi connectivity index (χ1v) is 29.6. The molecule has 86 heavy (non-hydrogen) atoms. The van der Waals surface area contributed by atoms with Crippen molar-refractivity contribution >= 4 is 18.0 Å². The second-order valence-electron chi connectivity index (χ2n) is 22.7. The molecule has 1 amide bonds. The van der Waals surface area contributed by atoms with Crippen LogP contribution in [0.3, 0.4) is 0 Å². The summed E-state index contributed by atoms with van der Waals surface area (Å²) in [4.78, 5) is 40.3. The Morgan fingerprint density at radius 3 is 1.86 bits per heavy atom. The Balaban J connectivity index is 1.24. The average Bonchev–Trinajstić information content (AvgIpc) is 1.53. The number of fused-ring (bicyclic) bond motifs is 5. The van der Waals surface area contributed by atoms with E-state index in [1.165, 1.54) is 20.1 Å². The SMILES string of the molecule is C=CCOC(=O)[C@H]1[C@@H]2C[C@@H](O[C@@H]3O[C@H](C)[C@@H](O)[C@H](NC(=O)OCC4c5ccccc5-c5ccccc54)[C@@H]3O)C=CC=CC=CC=CC=CC=CC=C[C@H](C)[C@@H](O)[C@@H](C)[C@H](C)OC(=O)C[C@H](O)C[C@H](O)CC[C@@H](O)[C@H](O)C[C@H](O)C[C@](OC)(C[C@@H]1O)O2. The number of hydrogen-bond acceptors (Lipinski definition) is 19. The lowest BCUT2D eigenvalue weighted by molar-refractivity contribution is -0.317. The third kappa shape index (κ3) is 19.8. The van der Waals surface area contributed by atoms with Gasteiger partial charge in [-0.2, -0.15) is 0 Å². The van der Waals surface area contributed by atoms with Gasteiger partial charge in [0.15, 0.2) is 12.1 Å². The molecule has 6 rings (SSSR count). The van der Waals surface area contributed by atoms with Gasteiger partial charge in [-0.25, -0.2) is 4.79 Å². The van der Waals surface area contributed by atoms with Crippen LogP contribution in [0.5, 0.6) is 0 Å².